The molecule has 25 heavy (non-hydrogen) atoms. The van der Waals surface area contributed by atoms with Gasteiger partial charge in [-0.05, 0) is 44.9 Å². The normalized spacial score (nSPS) is 13.8. The molecular weight excluding hydrogens is 320 g/mol. The topological polar surface area (TPSA) is 87.3 Å². The number of nitrogens with one attached hydrogen (secondary N) is 2. The Morgan fingerprint density at radius 3 is 2.76 bits per heavy atom. The largest absolute Gasteiger partial charge is 0.443 e. The summed E-state index contributed by atoms with van der Waals surface area (Å²) in [6.45, 7) is 5.45. The van der Waals surface area contributed by atoms with E-state index in [1.807, 2.05) is 39.0 Å². The number of carbonyl (C=O) groups excluding carboxylic acids is 2. The van der Waals surface area contributed by atoms with Crippen molar-refractivity contribution in [3.8, 4) is 11.3 Å². The minimum absolute atomic E-state index is 0.0445. The summed E-state index contributed by atoms with van der Waals surface area (Å²) in [5, 5.41) is 2.86. The molecule has 0 radical (unpaired) electrons. The summed E-state index contributed by atoms with van der Waals surface area (Å²) in [5.74, 6) is 0.457. The first-order valence-corrected chi connectivity index (χ1v) is 8.18. The second-order valence-corrected chi connectivity index (χ2v) is 7.08. The van der Waals surface area contributed by atoms with Crippen LogP contribution in [0.15, 0.2) is 24.4 Å². The van der Waals surface area contributed by atoms with Crippen LogP contribution in [0.2, 0.25) is 0 Å². The Bertz CT molecular complexity index is 820. The van der Waals surface area contributed by atoms with E-state index in [1.54, 1.807) is 13.2 Å². The second kappa shape index (κ2) is 6.23. The van der Waals surface area contributed by atoms with Crippen molar-refractivity contribution in [1.82, 2.24) is 9.97 Å². The monoisotopic (exact) mass is 342 g/mol. The number of H-pyrrole nitrogens is 1. The molecule has 0 aliphatic carbocycles. The molecule has 1 aromatic carbocycles. The van der Waals surface area contributed by atoms with Crippen LogP contribution in [0.5, 0.6) is 0 Å². The Labute approximate surface area is 146 Å². The van der Waals surface area contributed by atoms with Gasteiger partial charge in [0.25, 0.3) is 0 Å². The third-order valence-electron chi connectivity index (χ3n) is 3.86. The highest BCUT2D eigenvalue weighted by Crippen LogP contribution is 2.28. The zero-order chi connectivity index (χ0) is 18.2. The lowest BCUT2D eigenvalue weighted by molar-refractivity contribution is -0.116. The predicted octanol–water partition coefficient (Wildman–Crippen LogP) is 3.33. The molecule has 1 aromatic heterocycles. The summed E-state index contributed by atoms with van der Waals surface area (Å²) >= 11 is 0. The molecule has 1 aliphatic heterocycles. The lowest BCUT2D eigenvalue weighted by Crippen LogP contribution is -2.34. The van der Waals surface area contributed by atoms with Gasteiger partial charge in [-0.2, -0.15) is 0 Å². The van der Waals surface area contributed by atoms with E-state index in [2.05, 4.69) is 15.3 Å². The predicted molar refractivity (Wildman–Crippen MR) is 95.6 cm³/mol. The van der Waals surface area contributed by atoms with Gasteiger partial charge in [0.05, 0.1) is 11.9 Å². The van der Waals surface area contributed by atoms with Crippen LogP contribution in [0, 0.1) is 0 Å². The molecule has 0 spiro atoms. The third-order valence-corrected chi connectivity index (χ3v) is 3.86. The highest BCUT2D eigenvalue weighted by molar-refractivity contribution is 5.94. The van der Waals surface area contributed by atoms with E-state index in [0.717, 1.165) is 22.5 Å². The van der Waals surface area contributed by atoms with Crippen LogP contribution < -0.4 is 10.2 Å². The van der Waals surface area contributed by atoms with E-state index in [1.165, 1.54) is 4.90 Å². The first-order chi connectivity index (χ1) is 11.7. The number of fused-ring (bicyclic) bond motifs is 1. The van der Waals surface area contributed by atoms with Crippen LogP contribution >= 0.6 is 0 Å². The van der Waals surface area contributed by atoms with Crippen LogP contribution in [0.3, 0.4) is 0 Å². The molecule has 0 fully saturated rings. The van der Waals surface area contributed by atoms with Crippen LogP contribution in [-0.4, -0.2) is 34.6 Å². The number of carbonyl (C=O) groups is 2. The van der Waals surface area contributed by atoms with Gasteiger partial charge in [0.2, 0.25) is 11.9 Å². The first-order valence-electron chi connectivity index (χ1n) is 8.18. The fourth-order valence-electron chi connectivity index (χ4n) is 2.60. The van der Waals surface area contributed by atoms with Gasteiger partial charge in [0.1, 0.15) is 5.60 Å². The minimum atomic E-state index is -0.566. The van der Waals surface area contributed by atoms with Crippen LogP contribution in [0.1, 0.15) is 32.8 Å². The smallest absolute Gasteiger partial charge is 0.416 e. The van der Waals surface area contributed by atoms with E-state index >= 15 is 0 Å². The van der Waals surface area contributed by atoms with Gasteiger partial charge in [-0.3, -0.25) is 9.69 Å². The molecule has 1 aliphatic rings. The van der Waals surface area contributed by atoms with E-state index in [-0.39, 0.29) is 5.91 Å². The summed E-state index contributed by atoms with van der Waals surface area (Å²) in [6.07, 6.45) is 2.42. The molecule has 7 heteroatoms. The van der Waals surface area contributed by atoms with Gasteiger partial charge in [-0.15, -0.1) is 0 Å². The molecule has 2 amide bonds. The number of benzene rings is 1. The maximum absolute atomic E-state index is 12.1. The minimum Gasteiger partial charge on any atom is -0.443 e. The molecule has 0 saturated carbocycles. The number of aryl methyl sites for hydroxylation is 1. The standard InChI is InChI=1S/C18H22N4O3/c1-18(2,3)25-17(24)22(4)16-19-10-14(21-16)12-5-7-13-11(9-12)6-8-15(23)20-13/h5,7,9-10H,6,8H2,1-4H3,(H,19,21)(H,20,23). The molecule has 2 aromatic rings. The lowest BCUT2D eigenvalue weighted by Gasteiger charge is -2.23. The van der Waals surface area contributed by atoms with Crippen molar-refractivity contribution >= 4 is 23.6 Å². The van der Waals surface area contributed by atoms with Crippen molar-refractivity contribution in [3.05, 3.63) is 30.0 Å². The fourth-order valence-corrected chi connectivity index (χ4v) is 2.60. The summed E-state index contributed by atoms with van der Waals surface area (Å²) in [5.41, 5.74) is 3.12. The highest BCUT2D eigenvalue weighted by Gasteiger charge is 2.22. The lowest BCUT2D eigenvalue weighted by atomic mass is 9.99. The number of nitrogens with zero attached hydrogens (tertiary/aromatic N) is 2. The Hall–Kier alpha value is -2.83. The quantitative estimate of drug-likeness (QED) is 0.876. The maximum Gasteiger partial charge on any atom is 0.416 e. The van der Waals surface area contributed by atoms with Crippen molar-refractivity contribution in [3.63, 3.8) is 0 Å². The maximum atomic E-state index is 12.1. The van der Waals surface area contributed by atoms with E-state index in [9.17, 15) is 9.59 Å². The van der Waals surface area contributed by atoms with Crippen molar-refractivity contribution < 1.29 is 14.3 Å². The van der Waals surface area contributed by atoms with Crippen molar-refractivity contribution in [2.45, 2.75) is 39.2 Å². The number of amides is 2. The number of anilines is 2. The molecule has 3 rings (SSSR count). The number of aromatic amines is 1. The molecule has 0 bridgehead atoms. The van der Waals surface area contributed by atoms with Crippen LogP contribution in [-0.2, 0) is 16.0 Å². The Morgan fingerprint density at radius 2 is 2.04 bits per heavy atom. The Balaban J connectivity index is 1.80. The van der Waals surface area contributed by atoms with E-state index in [0.29, 0.717) is 18.8 Å². The van der Waals surface area contributed by atoms with Gasteiger partial charge in [-0.1, -0.05) is 6.07 Å². The average molecular weight is 342 g/mol. The van der Waals surface area contributed by atoms with Gasteiger partial charge in [-0.25, -0.2) is 9.78 Å². The SMILES string of the molecule is CN(C(=O)OC(C)(C)C)c1ncc(-c2ccc3c(c2)CCC(=O)N3)[nH]1. The zero-order valence-corrected chi connectivity index (χ0v) is 14.8. The van der Waals surface area contributed by atoms with Crippen LogP contribution in [0.4, 0.5) is 16.4 Å². The molecular formula is C18H22N4O3. The summed E-state index contributed by atoms with van der Waals surface area (Å²) in [4.78, 5) is 32.3. The van der Waals surface area contributed by atoms with E-state index < -0.39 is 11.7 Å². The first kappa shape index (κ1) is 17.0. The fraction of sp³-hybridized carbons (Fsp3) is 0.389. The molecule has 2 N–H and O–H groups in total. The summed E-state index contributed by atoms with van der Waals surface area (Å²) in [6, 6.07) is 5.83. The summed E-state index contributed by atoms with van der Waals surface area (Å²) < 4.78 is 5.34. The molecule has 2 heterocycles. The van der Waals surface area contributed by atoms with Crippen LogP contribution in [0.25, 0.3) is 11.3 Å². The second-order valence-electron chi connectivity index (χ2n) is 7.08. The summed E-state index contributed by atoms with van der Waals surface area (Å²) in [7, 11) is 1.61. The number of imidazole rings is 1. The van der Waals surface area contributed by atoms with Gasteiger partial charge >= 0.3 is 6.09 Å². The molecule has 7 nitrogen and oxygen atoms in total. The highest BCUT2D eigenvalue weighted by atomic mass is 16.6. The zero-order valence-electron chi connectivity index (χ0n) is 14.8. The van der Waals surface area contributed by atoms with Crippen molar-refractivity contribution in [1.29, 1.82) is 0 Å². The number of hydrogen-bond acceptors (Lipinski definition) is 4. The van der Waals surface area contributed by atoms with Gasteiger partial charge in [0.15, 0.2) is 0 Å². The molecule has 0 unspecified atom stereocenters. The van der Waals surface area contributed by atoms with Gasteiger partial charge < -0.3 is 15.0 Å². The van der Waals surface area contributed by atoms with Gasteiger partial charge in [0, 0.05) is 24.7 Å². The average Bonchev–Trinajstić information content (AvgIpc) is 3.02. The Kier molecular flexibility index (Phi) is 4.24. The third kappa shape index (κ3) is 3.81. The van der Waals surface area contributed by atoms with Crippen molar-refractivity contribution in [2.75, 3.05) is 17.3 Å². The number of ether oxygens (including phenoxy) is 1. The van der Waals surface area contributed by atoms with Crippen molar-refractivity contribution in [2.24, 2.45) is 0 Å². The molecule has 132 valence electrons. The number of rotatable bonds is 2. The number of hydrogen-bond donors (Lipinski definition) is 2. The molecule has 0 atom stereocenters. The number of aromatic nitrogens is 2. The molecule has 0 saturated heterocycles. The Morgan fingerprint density at radius 1 is 1.28 bits per heavy atom. The van der Waals surface area contributed by atoms with E-state index in [4.69, 9.17) is 4.74 Å².